The molecule has 3 atom stereocenters. The molecule has 0 aromatic carbocycles. The monoisotopic (exact) mass is 295 g/mol. The van der Waals surface area contributed by atoms with Crippen LogP contribution in [0.1, 0.15) is 33.1 Å². The van der Waals surface area contributed by atoms with Crippen LogP contribution in [0.2, 0.25) is 0 Å². The third kappa shape index (κ3) is 3.98. The van der Waals surface area contributed by atoms with E-state index < -0.39 is 0 Å². The Labute approximate surface area is 130 Å². The predicted molar refractivity (Wildman–Crippen MR) is 86.6 cm³/mol. The summed E-state index contributed by atoms with van der Waals surface area (Å²) in [5, 5.41) is 3.66. The summed E-state index contributed by atoms with van der Waals surface area (Å²) < 4.78 is 5.48. The summed E-state index contributed by atoms with van der Waals surface area (Å²) in [5.74, 6) is 1.66. The minimum atomic E-state index is 0.765. The molecule has 0 radical (unpaired) electrons. The zero-order valence-corrected chi connectivity index (χ0v) is 13.9. The fourth-order valence-electron chi connectivity index (χ4n) is 4.14. The van der Waals surface area contributed by atoms with Gasteiger partial charge < -0.3 is 10.1 Å². The summed E-state index contributed by atoms with van der Waals surface area (Å²) >= 11 is 0. The maximum absolute atomic E-state index is 5.48. The molecule has 0 aromatic heterocycles. The standard InChI is InChI=1S/C17H33N3O/c1-14(2)11-18-12-15-3-4-17(15)20-6-5-16(13-20)19-7-9-21-10-8-19/h14-18H,3-13H2,1-2H3. The third-order valence-electron chi connectivity index (χ3n) is 5.56. The van der Waals surface area contributed by atoms with Gasteiger partial charge in [0.2, 0.25) is 0 Å². The second-order valence-corrected chi connectivity index (χ2v) is 7.54. The first-order valence-electron chi connectivity index (χ1n) is 9.00. The first-order chi connectivity index (χ1) is 10.2. The highest BCUT2D eigenvalue weighted by Crippen LogP contribution is 2.34. The van der Waals surface area contributed by atoms with Crippen molar-refractivity contribution in [2.45, 2.75) is 45.2 Å². The lowest BCUT2D eigenvalue weighted by Crippen LogP contribution is -2.51. The van der Waals surface area contributed by atoms with E-state index in [1.165, 1.54) is 45.4 Å². The maximum atomic E-state index is 5.48. The Bertz CT molecular complexity index is 317. The molecule has 3 aliphatic rings. The normalized spacial score (nSPS) is 35.3. The van der Waals surface area contributed by atoms with Gasteiger partial charge in [-0.2, -0.15) is 0 Å². The second-order valence-electron chi connectivity index (χ2n) is 7.54. The van der Waals surface area contributed by atoms with Crippen LogP contribution in [-0.2, 0) is 4.74 Å². The molecule has 0 aromatic rings. The first-order valence-corrected chi connectivity index (χ1v) is 9.00. The molecule has 0 bridgehead atoms. The fraction of sp³-hybridized carbons (Fsp3) is 1.00. The van der Waals surface area contributed by atoms with E-state index in [-0.39, 0.29) is 0 Å². The minimum Gasteiger partial charge on any atom is -0.379 e. The highest BCUT2D eigenvalue weighted by Gasteiger charge is 2.39. The molecular formula is C17H33N3O. The summed E-state index contributed by atoms with van der Waals surface area (Å²) in [6.45, 7) is 13.7. The quantitative estimate of drug-likeness (QED) is 0.802. The topological polar surface area (TPSA) is 27.7 Å². The number of morpholine rings is 1. The van der Waals surface area contributed by atoms with Crippen molar-refractivity contribution in [3.63, 3.8) is 0 Å². The molecule has 4 heteroatoms. The van der Waals surface area contributed by atoms with Gasteiger partial charge in [-0.3, -0.25) is 9.80 Å². The van der Waals surface area contributed by atoms with Gasteiger partial charge in [0.05, 0.1) is 13.2 Å². The van der Waals surface area contributed by atoms with Crippen LogP contribution in [0.25, 0.3) is 0 Å². The molecule has 1 aliphatic carbocycles. The smallest absolute Gasteiger partial charge is 0.0594 e. The van der Waals surface area contributed by atoms with Gasteiger partial charge in [0.1, 0.15) is 0 Å². The molecule has 122 valence electrons. The van der Waals surface area contributed by atoms with Crippen LogP contribution in [-0.4, -0.2) is 74.4 Å². The van der Waals surface area contributed by atoms with Crippen molar-refractivity contribution in [3.8, 4) is 0 Å². The number of likely N-dealkylation sites (tertiary alicyclic amines) is 1. The van der Waals surface area contributed by atoms with Gasteiger partial charge in [0.15, 0.2) is 0 Å². The minimum absolute atomic E-state index is 0.765. The number of rotatable bonds is 6. The lowest BCUT2D eigenvalue weighted by molar-refractivity contribution is 0.0133. The largest absolute Gasteiger partial charge is 0.379 e. The van der Waals surface area contributed by atoms with Crippen LogP contribution >= 0.6 is 0 Å². The number of hydrogen-bond donors (Lipinski definition) is 1. The van der Waals surface area contributed by atoms with E-state index in [1.54, 1.807) is 0 Å². The Morgan fingerprint density at radius 2 is 1.86 bits per heavy atom. The van der Waals surface area contributed by atoms with Crippen molar-refractivity contribution in [3.05, 3.63) is 0 Å². The lowest BCUT2D eigenvalue weighted by Gasteiger charge is -2.43. The molecule has 3 unspecified atom stereocenters. The van der Waals surface area contributed by atoms with Crippen molar-refractivity contribution in [1.82, 2.24) is 15.1 Å². The molecule has 21 heavy (non-hydrogen) atoms. The van der Waals surface area contributed by atoms with Crippen LogP contribution in [0, 0.1) is 11.8 Å². The summed E-state index contributed by atoms with van der Waals surface area (Å²) in [7, 11) is 0. The molecule has 0 spiro atoms. The molecular weight excluding hydrogens is 262 g/mol. The van der Waals surface area contributed by atoms with Crippen LogP contribution in [0.15, 0.2) is 0 Å². The number of hydrogen-bond acceptors (Lipinski definition) is 4. The Kier molecular flexibility index (Phi) is 5.54. The van der Waals surface area contributed by atoms with Crippen molar-refractivity contribution in [1.29, 1.82) is 0 Å². The van der Waals surface area contributed by atoms with E-state index in [1.807, 2.05) is 0 Å². The Morgan fingerprint density at radius 3 is 2.52 bits per heavy atom. The van der Waals surface area contributed by atoms with Crippen molar-refractivity contribution >= 4 is 0 Å². The number of nitrogens with one attached hydrogen (secondary N) is 1. The molecule has 3 rings (SSSR count). The van der Waals surface area contributed by atoms with Crippen LogP contribution in [0.3, 0.4) is 0 Å². The van der Waals surface area contributed by atoms with Gasteiger partial charge in [-0.15, -0.1) is 0 Å². The summed E-state index contributed by atoms with van der Waals surface area (Å²) in [5.41, 5.74) is 0. The summed E-state index contributed by atoms with van der Waals surface area (Å²) in [6.07, 6.45) is 4.21. The van der Waals surface area contributed by atoms with Gasteiger partial charge in [-0.25, -0.2) is 0 Å². The van der Waals surface area contributed by atoms with E-state index in [9.17, 15) is 0 Å². The van der Waals surface area contributed by atoms with Gasteiger partial charge in [0, 0.05) is 38.3 Å². The maximum Gasteiger partial charge on any atom is 0.0594 e. The van der Waals surface area contributed by atoms with E-state index in [4.69, 9.17) is 4.74 Å². The van der Waals surface area contributed by atoms with Gasteiger partial charge in [-0.05, 0) is 44.2 Å². The predicted octanol–water partition coefficient (Wildman–Crippen LogP) is 1.42. The average molecular weight is 295 g/mol. The zero-order valence-electron chi connectivity index (χ0n) is 13.9. The molecule has 1 N–H and O–H groups in total. The Balaban J connectivity index is 1.41. The van der Waals surface area contributed by atoms with Crippen molar-refractivity contribution in [2.24, 2.45) is 11.8 Å². The van der Waals surface area contributed by atoms with Crippen molar-refractivity contribution < 1.29 is 4.74 Å². The van der Waals surface area contributed by atoms with Gasteiger partial charge in [0.25, 0.3) is 0 Å². The van der Waals surface area contributed by atoms with Crippen LogP contribution < -0.4 is 5.32 Å². The Morgan fingerprint density at radius 1 is 1.05 bits per heavy atom. The molecule has 0 amide bonds. The summed E-state index contributed by atoms with van der Waals surface area (Å²) in [4.78, 5) is 5.44. The van der Waals surface area contributed by atoms with E-state index in [0.29, 0.717) is 0 Å². The fourth-order valence-corrected chi connectivity index (χ4v) is 4.14. The SMILES string of the molecule is CC(C)CNCC1CCC1N1CCC(N2CCOCC2)C1. The lowest BCUT2D eigenvalue weighted by atomic mass is 9.78. The highest BCUT2D eigenvalue weighted by molar-refractivity contribution is 4.95. The average Bonchev–Trinajstić information content (AvgIpc) is 2.92. The summed E-state index contributed by atoms with van der Waals surface area (Å²) in [6, 6.07) is 1.65. The number of nitrogens with zero attached hydrogens (tertiary/aromatic N) is 2. The molecule has 2 saturated heterocycles. The van der Waals surface area contributed by atoms with E-state index in [2.05, 4.69) is 29.0 Å². The Hall–Kier alpha value is -0.160. The van der Waals surface area contributed by atoms with Gasteiger partial charge >= 0.3 is 0 Å². The molecule has 2 aliphatic heterocycles. The first kappa shape index (κ1) is 15.7. The third-order valence-corrected chi connectivity index (χ3v) is 5.56. The van der Waals surface area contributed by atoms with E-state index in [0.717, 1.165) is 50.2 Å². The van der Waals surface area contributed by atoms with Crippen molar-refractivity contribution in [2.75, 3.05) is 52.5 Å². The van der Waals surface area contributed by atoms with Crippen LogP contribution in [0.4, 0.5) is 0 Å². The van der Waals surface area contributed by atoms with E-state index >= 15 is 0 Å². The van der Waals surface area contributed by atoms with Crippen LogP contribution in [0.5, 0.6) is 0 Å². The molecule has 1 saturated carbocycles. The number of ether oxygens (including phenoxy) is 1. The molecule has 3 fully saturated rings. The highest BCUT2D eigenvalue weighted by atomic mass is 16.5. The second kappa shape index (κ2) is 7.40. The zero-order chi connectivity index (χ0) is 14.7. The molecule has 4 nitrogen and oxygen atoms in total. The van der Waals surface area contributed by atoms with Gasteiger partial charge in [-0.1, -0.05) is 13.8 Å². The molecule has 2 heterocycles.